The lowest BCUT2D eigenvalue weighted by molar-refractivity contribution is 1.11. The van der Waals surface area contributed by atoms with Crippen LogP contribution in [0.25, 0.3) is 11.0 Å². The zero-order chi connectivity index (χ0) is 8.67. The Balaban J connectivity index is 2.36. The summed E-state index contributed by atoms with van der Waals surface area (Å²) in [5.41, 5.74) is 4.53. The Bertz CT molecular complexity index is 422. The maximum absolute atomic E-state index is 4.27. The van der Waals surface area contributed by atoms with Gasteiger partial charge >= 0.3 is 0 Å². The van der Waals surface area contributed by atoms with Crippen LogP contribution in [0.5, 0.6) is 0 Å². The van der Waals surface area contributed by atoms with E-state index in [1.54, 1.807) is 12.4 Å². The number of fused-ring (bicyclic) bond motifs is 2. The number of hydrogen-bond acceptors (Lipinski definition) is 3. The Labute approximate surface area is 75.8 Å². The number of hydrogen-bond donors (Lipinski definition) is 1. The van der Waals surface area contributed by atoms with Gasteiger partial charge in [0.05, 0.1) is 11.0 Å². The van der Waals surface area contributed by atoms with E-state index in [1.165, 1.54) is 11.3 Å². The molecular formula is C10H9N3. The molecule has 1 aromatic heterocycles. The first kappa shape index (κ1) is 6.83. The Morgan fingerprint density at radius 1 is 1.08 bits per heavy atom. The number of benzene rings is 1. The molecule has 3 heteroatoms. The van der Waals surface area contributed by atoms with Crippen LogP contribution in [0, 0.1) is 0 Å². The molecule has 64 valence electrons. The van der Waals surface area contributed by atoms with Gasteiger partial charge in [-0.1, -0.05) is 0 Å². The highest BCUT2D eigenvalue weighted by atomic mass is 14.9. The van der Waals surface area contributed by atoms with Gasteiger partial charge in [0.2, 0.25) is 0 Å². The van der Waals surface area contributed by atoms with Gasteiger partial charge < -0.3 is 5.32 Å². The van der Waals surface area contributed by atoms with Crippen LogP contribution in [0.4, 0.5) is 5.69 Å². The summed E-state index contributed by atoms with van der Waals surface area (Å²) in [4.78, 5) is 8.52. The largest absolute Gasteiger partial charge is 0.384 e. The Hall–Kier alpha value is -1.64. The molecule has 2 aromatic rings. The molecule has 0 atom stereocenters. The summed E-state index contributed by atoms with van der Waals surface area (Å²) >= 11 is 0. The zero-order valence-corrected chi connectivity index (χ0v) is 7.12. The van der Waals surface area contributed by atoms with Crippen molar-refractivity contribution in [3.8, 4) is 0 Å². The summed E-state index contributed by atoms with van der Waals surface area (Å²) in [6.45, 7) is 1.03. The second-order valence-corrected chi connectivity index (χ2v) is 3.23. The third kappa shape index (κ3) is 0.967. The maximum Gasteiger partial charge on any atom is 0.0907 e. The first-order chi connectivity index (χ1) is 6.43. The summed E-state index contributed by atoms with van der Waals surface area (Å²) < 4.78 is 0. The lowest BCUT2D eigenvalue weighted by atomic mass is 10.1. The number of rotatable bonds is 0. The van der Waals surface area contributed by atoms with Gasteiger partial charge in [0, 0.05) is 24.6 Å². The van der Waals surface area contributed by atoms with Gasteiger partial charge in [-0.05, 0) is 24.1 Å². The summed E-state index contributed by atoms with van der Waals surface area (Å²) in [6.07, 6.45) is 4.56. The van der Waals surface area contributed by atoms with Gasteiger partial charge in [0.25, 0.3) is 0 Å². The van der Waals surface area contributed by atoms with Crippen LogP contribution >= 0.6 is 0 Å². The maximum atomic E-state index is 4.27. The fourth-order valence-corrected chi connectivity index (χ4v) is 1.76. The number of anilines is 1. The van der Waals surface area contributed by atoms with Crippen molar-refractivity contribution in [2.75, 3.05) is 11.9 Å². The highest BCUT2D eigenvalue weighted by molar-refractivity contribution is 5.81. The topological polar surface area (TPSA) is 37.8 Å². The summed E-state index contributed by atoms with van der Waals surface area (Å²) in [5.74, 6) is 0. The standard InChI is InChI=1S/C10H9N3/c1-2-11-8-6-10-9(5-7(1)8)12-3-4-13-10/h3-6,11H,1-2H2. The lowest BCUT2D eigenvalue weighted by Gasteiger charge is -2.00. The molecule has 0 saturated heterocycles. The van der Waals surface area contributed by atoms with E-state index in [-0.39, 0.29) is 0 Å². The number of nitrogens with zero attached hydrogens (tertiary/aromatic N) is 2. The Kier molecular flexibility index (Phi) is 1.27. The Morgan fingerprint density at radius 2 is 1.85 bits per heavy atom. The number of nitrogens with one attached hydrogen (secondary N) is 1. The molecule has 3 rings (SSSR count). The monoisotopic (exact) mass is 171 g/mol. The minimum atomic E-state index is 0.968. The molecule has 0 fully saturated rings. The van der Waals surface area contributed by atoms with Crippen molar-refractivity contribution < 1.29 is 0 Å². The molecule has 0 bridgehead atoms. The highest BCUT2D eigenvalue weighted by Gasteiger charge is 2.10. The van der Waals surface area contributed by atoms with Gasteiger partial charge in [-0.25, -0.2) is 0 Å². The summed E-state index contributed by atoms with van der Waals surface area (Å²) in [7, 11) is 0. The first-order valence-electron chi connectivity index (χ1n) is 4.41. The van der Waals surface area contributed by atoms with Crippen LogP contribution in [0.1, 0.15) is 5.56 Å². The SMILES string of the molecule is c1cnc2cc3c(cc2n1)CCN3. The third-order valence-electron chi connectivity index (χ3n) is 2.40. The predicted octanol–water partition coefficient (Wildman–Crippen LogP) is 1.60. The molecule has 1 N–H and O–H groups in total. The molecule has 3 nitrogen and oxygen atoms in total. The van der Waals surface area contributed by atoms with Crippen LogP contribution in [-0.2, 0) is 6.42 Å². The molecule has 2 heterocycles. The predicted molar refractivity (Wildman–Crippen MR) is 51.7 cm³/mol. The molecule has 13 heavy (non-hydrogen) atoms. The van der Waals surface area contributed by atoms with Crippen LogP contribution in [0.2, 0.25) is 0 Å². The van der Waals surface area contributed by atoms with Crippen molar-refractivity contribution in [2.45, 2.75) is 6.42 Å². The van der Waals surface area contributed by atoms with Crippen molar-refractivity contribution in [3.63, 3.8) is 0 Å². The second kappa shape index (κ2) is 2.42. The van der Waals surface area contributed by atoms with E-state index in [0.29, 0.717) is 0 Å². The number of aromatic nitrogens is 2. The third-order valence-corrected chi connectivity index (χ3v) is 2.40. The van der Waals surface area contributed by atoms with E-state index in [9.17, 15) is 0 Å². The van der Waals surface area contributed by atoms with Crippen LogP contribution < -0.4 is 5.32 Å². The minimum Gasteiger partial charge on any atom is -0.384 e. The fourth-order valence-electron chi connectivity index (χ4n) is 1.76. The van der Waals surface area contributed by atoms with Gasteiger partial charge in [0.1, 0.15) is 0 Å². The molecule has 1 aliphatic heterocycles. The molecule has 0 unspecified atom stereocenters. The molecular weight excluding hydrogens is 162 g/mol. The minimum absolute atomic E-state index is 0.968. The van der Waals surface area contributed by atoms with E-state index < -0.39 is 0 Å². The van der Waals surface area contributed by atoms with Crippen LogP contribution in [-0.4, -0.2) is 16.5 Å². The average Bonchev–Trinajstić information content (AvgIpc) is 2.61. The summed E-state index contributed by atoms with van der Waals surface area (Å²) in [5, 5.41) is 3.32. The molecule has 0 radical (unpaired) electrons. The fraction of sp³-hybridized carbons (Fsp3) is 0.200. The molecule has 0 saturated carbocycles. The van der Waals surface area contributed by atoms with Crippen LogP contribution in [0.3, 0.4) is 0 Å². The van der Waals surface area contributed by atoms with Gasteiger partial charge in [-0.3, -0.25) is 9.97 Å². The molecule has 1 aromatic carbocycles. The van der Waals surface area contributed by atoms with Crippen molar-refractivity contribution in [1.82, 2.24) is 9.97 Å². The van der Waals surface area contributed by atoms with Crippen molar-refractivity contribution in [1.29, 1.82) is 0 Å². The lowest BCUT2D eigenvalue weighted by Crippen LogP contribution is -1.91. The average molecular weight is 171 g/mol. The quantitative estimate of drug-likeness (QED) is 0.654. The smallest absolute Gasteiger partial charge is 0.0907 e. The van der Waals surface area contributed by atoms with Crippen molar-refractivity contribution in [3.05, 3.63) is 30.1 Å². The van der Waals surface area contributed by atoms with Crippen LogP contribution in [0.15, 0.2) is 24.5 Å². The highest BCUT2D eigenvalue weighted by Crippen LogP contribution is 2.25. The van der Waals surface area contributed by atoms with E-state index >= 15 is 0 Å². The van der Waals surface area contributed by atoms with Gasteiger partial charge in [0.15, 0.2) is 0 Å². The normalized spacial score (nSPS) is 14.2. The second-order valence-electron chi connectivity index (χ2n) is 3.23. The van der Waals surface area contributed by atoms with E-state index in [0.717, 1.165) is 24.0 Å². The first-order valence-corrected chi connectivity index (χ1v) is 4.41. The van der Waals surface area contributed by atoms with Crippen molar-refractivity contribution >= 4 is 16.7 Å². The van der Waals surface area contributed by atoms with Crippen molar-refractivity contribution in [2.24, 2.45) is 0 Å². The molecule has 0 spiro atoms. The van der Waals surface area contributed by atoms with E-state index in [1.807, 2.05) is 0 Å². The van der Waals surface area contributed by atoms with Gasteiger partial charge in [-0.2, -0.15) is 0 Å². The molecule has 0 aliphatic carbocycles. The van der Waals surface area contributed by atoms with E-state index in [4.69, 9.17) is 0 Å². The Morgan fingerprint density at radius 3 is 2.69 bits per heavy atom. The van der Waals surface area contributed by atoms with Gasteiger partial charge in [-0.15, -0.1) is 0 Å². The zero-order valence-electron chi connectivity index (χ0n) is 7.12. The molecule has 1 aliphatic rings. The summed E-state index contributed by atoms with van der Waals surface area (Å²) in [6, 6.07) is 4.20. The van der Waals surface area contributed by atoms with E-state index in [2.05, 4.69) is 27.4 Å². The molecule has 0 amide bonds.